The molecule has 0 amide bonds. The van der Waals surface area contributed by atoms with Crippen molar-refractivity contribution in [1.29, 1.82) is 0 Å². The van der Waals surface area contributed by atoms with E-state index in [0.29, 0.717) is 16.7 Å². The second kappa shape index (κ2) is 5.62. The molecule has 0 bridgehead atoms. The van der Waals surface area contributed by atoms with Crippen LogP contribution in [-0.4, -0.2) is 11.6 Å². The minimum absolute atomic E-state index is 0. The Morgan fingerprint density at radius 3 is 2.29 bits per heavy atom. The Labute approximate surface area is 124 Å². The summed E-state index contributed by atoms with van der Waals surface area (Å²) >= 11 is 0. The van der Waals surface area contributed by atoms with Crippen LogP contribution in [0.3, 0.4) is 0 Å². The van der Waals surface area contributed by atoms with E-state index in [1.54, 1.807) is 30.3 Å². The fraction of sp³-hybridized carbons (Fsp3) is 0.143. The Morgan fingerprint density at radius 1 is 1.12 bits per heavy atom. The topological polar surface area (TPSA) is 34.1 Å². The molecule has 0 unspecified atom stereocenters. The first kappa shape index (κ1) is 14.2. The summed E-state index contributed by atoms with van der Waals surface area (Å²) in [5.74, 6) is -0.348. The van der Waals surface area contributed by atoms with Crippen LogP contribution in [0, 0.1) is 37.2 Å². The maximum absolute atomic E-state index is 12.0. The van der Waals surface area contributed by atoms with E-state index in [9.17, 15) is 9.59 Å². The van der Waals surface area contributed by atoms with Gasteiger partial charge in [-0.1, -0.05) is 55.3 Å². The number of benzene rings is 1. The smallest absolute Gasteiger partial charge is 0.104 e. The van der Waals surface area contributed by atoms with Gasteiger partial charge in [0.25, 0.3) is 0 Å². The van der Waals surface area contributed by atoms with Gasteiger partial charge in [-0.15, -0.1) is 11.6 Å². The van der Waals surface area contributed by atoms with E-state index in [1.807, 2.05) is 13.8 Å². The zero-order valence-electron chi connectivity index (χ0n) is 9.70. The third-order valence-electron chi connectivity index (χ3n) is 2.34. The van der Waals surface area contributed by atoms with Gasteiger partial charge in [-0.05, 0) is 5.56 Å². The Morgan fingerprint density at radius 2 is 1.71 bits per heavy atom. The van der Waals surface area contributed by atoms with Gasteiger partial charge in [0.15, 0.2) is 0 Å². The van der Waals surface area contributed by atoms with Gasteiger partial charge in [-0.25, -0.2) is 0 Å². The summed E-state index contributed by atoms with van der Waals surface area (Å²) in [7, 11) is 0. The number of carbonyl (C=O) groups is 2. The average molecular weight is 449 g/mol. The molecule has 0 N–H and O–H groups in total. The summed E-state index contributed by atoms with van der Waals surface area (Å²) in [6.45, 7) is 3.76. The molecule has 1 aliphatic carbocycles. The van der Waals surface area contributed by atoms with Crippen LogP contribution in [-0.2, 0) is 0 Å². The number of carbonyl (C=O) groups excluding carboxylic acids is 2. The molecule has 17 heavy (non-hydrogen) atoms. The molecule has 0 aliphatic heterocycles. The minimum atomic E-state index is -0.220. The summed E-state index contributed by atoms with van der Waals surface area (Å²) in [4.78, 5) is 23.7. The van der Waals surface area contributed by atoms with Gasteiger partial charge >= 0.3 is 0 Å². The van der Waals surface area contributed by atoms with Crippen LogP contribution in [0.25, 0.3) is 0 Å². The van der Waals surface area contributed by atoms with Crippen LogP contribution in [0.1, 0.15) is 34.6 Å². The third kappa shape index (κ3) is 2.86. The molecule has 0 radical (unpaired) electrons. The molecule has 0 saturated heterocycles. The Balaban J connectivity index is 0.00000144. The number of hydrogen-bond acceptors (Lipinski definition) is 2. The Kier molecular flexibility index (Phi) is 4.68. The SMILES string of the molecule is CC(C)=CC1=[C-]C(=O)c2ccccc2C1=O.[U]. The summed E-state index contributed by atoms with van der Waals surface area (Å²) < 4.78 is 0. The van der Waals surface area contributed by atoms with Gasteiger partial charge in [0.05, 0.1) is 5.78 Å². The van der Waals surface area contributed by atoms with Gasteiger partial charge in [0.1, 0.15) is 5.78 Å². The molecular formula is C14H11O2U-. The van der Waals surface area contributed by atoms with Crippen molar-refractivity contribution in [2.24, 2.45) is 0 Å². The van der Waals surface area contributed by atoms with Gasteiger partial charge in [0.2, 0.25) is 0 Å². The van der Waals surface area contributed by atoms with E-state index in [0.717, 1.165) is 5.57 Å². The molecule has 1 aliphatic rings. The molecule has 0 fully saturated rings. The molecule has 1 aromatic rings. The van der Waals surface area contributed by atoms with Gasteiger partial charge in [0, 0.05) is 31.1 Å². The van der Waals surface area contributed by atoms with Gasteiger partial charge < -0.3 is 9.59 Å². The molecule has 0 heterocycles. The molecule has 0 atom stereocenters. The van der Waals surface area contributed by atoms with Crippen LogP contribution in [0.2, 0.25) is 0 Å². The number of allylic oxidation sites excluding steroid dienone is 4. The molecule has 3 heteroatoms. The monoisotopic (exact) mass is 449 g/mol. The van der Waals surface area contributed by atoms with E-state index in [1.165, 1.54) is 0 Å². The zero-order valence-corrected chi connectivity index (χ0v) is 13.9. The summed E-state index contributed by atoms with van der Waals surface area (Å²) in [5.41, 5.74) is 2.24. The first-order valence-electron chi connectivity index (χ1n) is 5.06. The molecular weight excluding hydrogens is 438 g/mol. The summed E-state index contributed by atoms with van der Waals surface area (Å²) in [5, 5.41) is 0. The van der Waals surface area contributed by atoms with E-state index in [-0.39, 0.29) is 42.7 Å². The van der Waals surface area contributed by atoms with E-state index in [4.69, 9.17) is 0 Å². The molecule has 0 spiro atoms. The first-order chi connectivity index (χ1) is 7.59. The van der Waals surface area contributed by atoms with E-state index >= 15 is 0 Å². The van der Waals surface area contributed by atoms with Crippen molar-refractivity contribution in [3.05, 3.63) is 58.7 Å². The van der Waals surface area contributed by atoms with Gasteiger partial charge in [-0.3, -0.25) is 0 Å². The number of Topliss-reactive ketones (excluding diaryl/α,β-unsaturated/α-hetero) is 2. The van der Waals surface area contributed by atoms with Crippen molar-refractivity contribution in [3.8, 4) is 0 Å². The van der Waals surface area contributed by atoms with Crippen LogP contribution in [0.4, 0.5) is 0 Å². The number of fused-ring (bicyclic) bond motifs is 1. The fourth-order valence-electron chi connectivity index (χ4n) is 1.66. The van der Waals surface area contributed by atoms with Crippen molar-refractivity contribution in [2.75, 3.05) is 0 Å². The van der Waals surface area contributed by atoms with Crippen LogP contribution < -0.4 is 0 Å². The number of rotatable bonds is 1. The normalized spacial score (nSPS) is 13.4. The molecule has 2 nitrogen and oxygen atoms in total. The molecule has 1 aromatic carbocycles. The molecule has 0 aromatic heterocycles. The molecule has 84 valence electrons. The van der Waals surface area contributed by atoms with Crippen molar-refractivity contribution in [3.63, 3.8) is 0 Å². The van der Waals surface area contributed by atoms with E-state index in [2.05, 4.69) is 6.08 Å². The third-order valence-corrected chi connectivity index (χ3v) is 2.34. The number of ketones is 2. The van der Waals surface area contributed by atoms with Crippen molar-refractivity contribution in [1.82, 2.24) is 0 Å². The quantitative estimate of drug-likeness (QED) is 0.619. The van der Waals surface area contributed by atoms with E-state index < -0.39 is 0 Å². The fourth-order valence-corrected chi connectivity index (χ4v) is 1.66. The van der Waals surface area contributed by atoms with Crippen molar-refractivity contribution < 1.29 is 40.7 Å². The second-order valence-corrected chi connectivity index (χ2v) is 3.96. The number of hydrogen-bond donors (Lipinski definition) is 0. The predicted octanol–water partition coefficient (Wildman–Crippen LogP) is 2.76. The predicted molar refractivity (Wildman–Crippen MR) is 61.3 cm³/mol. The van der Waals surface area contributed by atoms with Crippen LogP contribution in [0.15, 0.2) is 41.5 Å². The second-order valence-electron chi connectivity index (χ2n) is 3.96. The van der Waals surface area contributed by atoms with Crippen molar-refractivity contribution in [2.45, 2.75) is 13.8 Å². The zero-order chi connectivity index (χ0) is 11.7. The van der Waals surface area contributed by atoms with Crippen LogP contribution in [0.5, 0.6) is 0 Å². The minimum Gasteiger partial charge on any atom is -0.347 e. The summed E-state index contributed by atoms with van der Waals surface area (Å²) in [6, 6.07) is 6.84. The first-order valence-corrected chi connectivity index (χ1v) is 5.06. The van der Waals surface area contributed by atoms with Crippen LogP contribution >= 0.6 is 0 Å². The maximum Gasteiger partial charge on any atom is 0.104 e. The Bertz CT molecular complexity index is 535. The maximum atomic E-state index is 12.0. The Hall–Kier alpha value is -0.908. The molecule has 0 saturated carbocycles. The summed E-state index contributed by atoms with van der Waals surface area (Å²) in [6.07, 6.45) is 4.30. The standard InChI is InChI=1S/C14H11O2.U/c1-9(2)7-10-8-13(15)11-5-3-4-6-12(11)14(10)16;/h3-7H,1-2H3;/q-1;. The molecule has 2 rings (SSSR count). The van der Waals surface area contributed by atoms with Gasteiger partial charge in [-0.2, -0.15) is 0 Å². The van der Waals surface area contributed by atoms with Crippen molar-refractivity contribution >= 4 is 11.6 Å². The average Bonchev–Trinajstić information content (AvgIpc) is 2.25. The largest absolute Gasteiger partial charge is 0.347 e.